The molecule has 0 spiro atoms. The third-order valence-electron chi connectivity index (χ3n) is 1.52. The van der Waals surface area contributed by atoms with Gasteiger partial charge in [0.05, 0.1) is 13.0 Å². The van der Waals surface area contributed by atoms with Gasteiger partial charge in [-0.1, -0.05) is 20.3 Å². The number of hydrogen-bond acceptors (Lipinski definition) is 2. The van der Waals surface area contributed by atoms with Crippen LogP contribution in [-0.2, 0) is 9.53 Å². The van der Waals surface area contributed by atoms with Crippen LogP contribution in [0.25, 0.3) is 0 Å². The fourth-order valence-electron chi connectivity index (χ4n) is 0.502. The summed E-state index contributed by atoms with van der Waals surface area (Å²) in [7, 11) is 0. The maximum atomic E-state index is 10.8. The average Bonchev–Trinajstić information content (AvgIpc) is 2.01. The predicted octanol–water partition coefficient (Wildman–Crippen LogP) is 2.20. The van der Waals surface area contributed by atoms with E-state index in [-0.39, 0.29) is 5.97 Å². The van der Waals surface area contributed by atoms with Gasteiger partial charge in [-0.05, 0) is 5.92 Å². The normalized spacial score (nSPS) is 12.6. The lowest BCUT2D eigenvalue weighted by atomic mass is 10.1. The molecule has 0 heterocycles. The third-order valence-corrected chi connectivity index (χ3v) is 1.71. The summed E-state index contributed by atoms with van der Waals surface area (Å²) in [5.41, 5.74) is 0. The van der Waals surface area contributed by atoms with E-state index in [2.05, 4.69) is 6.92 Å². The van der Waals surface area contributed by atoms with Crippen LogP contribution in [-0.4, -0.2) is 18.5 Å². The second kappa shape index (κ2) is 6.47. The molecule has 0 radical (unpaired) electrons. The molecule has 0 aliphatic heterocycles. The van der Waals surface area contributed by atoms with E-state index in [4.69, 9.17) is 16.3 Å². The van der Waals surface area contributed by atoms with Gasteiger partial charge in [0.25, 0.3) is 0 Å². The van der Waals surface area contributed by atoms with Crippen LogP contribution in [0.3, 0.4) is 0 Å². The summed E-state index contributed by atoms with van der Waals surface area (Å²) in [4.78, 5) is 10.8. The molecule has 66 valence electrons. The Morgan fingerprint density at radius 1 is 1.64 bits per heavy atom. The minimum absolute atomic E-state index is 0.194. The summed E-state index contributed by atoms with van der Waals surface area (Å²) < 4.78 is 4.91. The molecule has 0 aromatic carbocycles. The molecular formula is C8H15ClO2. The largest absolute Gasteiger partial charge is 0.465 e. The minimum Gasteiger partial charge on any atom is -0.465 e. The number of ether oxygens (including phenoxy) is 1. The molecule has 0 fully saturated rings. The minimum atomic E-state index is -0.194. The summed E-state index contributed by atoms with van der Waals surface area (Å²) >= 11 is 5.34. The van der Waals surface area contributed by atoms with Crippen molar-refractivity contribution in [1.29, 1.82) is 0 Å². The molecule has 0 bridgehead atoms. The van der Waals surface area contributed by atoms with Crippen molar-refractivity contribution in [2.75, 3.05) is 12.5 Å². The fraction of sp³-hybridized carbons (Fsp3) is 0.875. The van der Waals surface area contributed by atoms with Crippen molar-refractivity contribution in [3.8, 4) is 0 Å². The summed E-state index contributed by atoms with van der Waals surface area (Å²) in [5, 5.41) is 0. The van der Waals surface area contributed by atoms with Crippen molar-refractivity contribution in [3.63, 3.8) is 0 Å². The van der Waals surface area contributed by atoms with Gasteiger partial charge in [0.15, 0.2) is 0 Å². The number of carbonyl (C=O) groups excluding carboxylic acids is 1. The maximum absolute atomic E-state index is 10.8. The van der Waals surface area contributed by atoms with E-state index in [1.54, 1.807) is 0 Å². The molecule has 0 aliphatic rings. The van der Waals surface area contributed by atoms with Crippen molar-refractivity contribution < 1.29 is 9.53 Å². The zero-order valence-corrected chi connectivity index (χ0v) is 7.86. The average molecular weight is 179 g/mol. The monoisotopic (exact) mass is 178 g/mol. The number of carbonyl (C=O) groups is 1. The van der Waals surface area contributed by atoms with Crippen LogP contribution in [0.4, 0.5) is 0 Å². The molecule has 3 heteroatoms. The molecule has 0 rings (SSSR count). The van der Waals surface area contributed by atoms with Gasteiger partial charge in [0.2, 0.25) is 0 Å². The molecule has 0 amide bonds. The zero-order chi connectivity index (χ0) is 8.69. The molecule has 0 aliphatic carbocycles. The smallest absolute Gasteiger partial charge is 0.307 e. The van der Waals surface area contributed by atoms with E-state index in [1.165, 1.54) is 0 Å². The van der Waals surface area contributed by atoms with Crippen molar-refractivity contribution in [1.82, 2.24) is 0 Å². The zero-order valence-electron chi connectivity index (χ0n) is 7.10. The highest BCUT2D eigenvalue weighted by atomic mass is 35.5. The first-order chi connectivity index (χ1) is 5.20. The number of alkyl halides is 1. The first-order valence-corrected chi connectivity index (χ1v) is 4.45. The van der Waals surface area contributed by atoms with Crippen LogP contribution < -0.4 is 0 Å². The molecule has 2 nitrogen and oxygen atoms in total. The van der Waals surface area contributed by atoms with E-state index in [9.17, 15) is 4.79 Å². The lowest BCUT2D eigenvalue weighted by Gasteiger charge is -2.08. The predicted molar refractivity (Wildman–Crippen MR) is 45.8 cm³/mol. The highest BCUT2D eigenvalue weighted by molar-refractivity contribution is 6.18. The van der Waals surface area contributed by atoms with E-state index in [1.807, 2.05) is 6.92 Å². The van der Waals surface area contributed by atoms with Gasteiger partial charge in [0, 0.05) is 5.88 Å². The van der Waals surface area contributed by atoms with E-state index < -0.39 is 0 Å². The van der Waals surface area contributed by atoms with Crippen molar-refractivity contribution in [3.05, 3.63) is 0 Å². The Morgan fingerprint density at radius 3 is 2.73 bits per heavy atom. The summed E-state index contributed by atoms with van der Waals surface area (Å²) in [6.45, 7) is 4.64. The van der Waals surface area contributed by atoms with Gasteiger partial charge >= 0.3 is 5.97 Å². The van der Waals surface area contributed by atoms with Crippen LogP contribution in [0.2, 0.25) is 0 Å². The Morgan fingerprint density at radius 2 is 2.27 bits per heavy atom. The molecule has 1 unspecified atom stereocenters. The molecule has 0 aromatic rings. The first-order valence-electron chi connectivity index (χ1n) is 3.92. The highest BCUT2D eigenvalue weighted by Gasteiger charge is 2.04. The number of rotatable bonds is 5. The molecule has 0 saturated heterocycles. The SMILES string of the molecule is CCC(C)COC(=O)CCCl. The Kier molecular flexibility index (Phi) is 6.33. The van der Waals surface area contributed by atoms with E-state index in [0.29, 0.717) is 24.8 Å². The Bertz CT molecular complexity index is 115. The van der Waals surface area contributed by atoms with Gasteiger partial charge < -0.3 is 4.74 Å². The lowest BCUT2D eigenvalue weighted by molar-refractivity contribution is -0.144. The fourth-order valence-corrected chi connectivity index (χ4v) is 0.657. The van der Waals surface area contributed by atoms with Crippen LogP contribution >= 0.6 is 11.6 Å². The number of esters is 1. The highest BCUT2D eigenvalue weighted by Crippen LogP contribution is 2.01. The van der Waals surface area contributed by atoms with E-state index >= 15 is 0 Å². The summed E-state index contributed by atoms with van der Waals surface area (Å²) in [6.07, 6.45) is 1.35. The second-order valence-electron chi connectivity index (χ2n) is 2.64. The molecule has 0 N–H and O–H groups in total. The number of halogens is 1. The van der Waals surface area contributed by atoms with E-state index in [0.717, 1.165) is 6.42 Å². The third kappa shape index (κ3) is 6.17. The van der Waals surface area contributed by atoms with Gasteiger partial charge in [0.1, 0.15) is 0 Å². The van der Waals surface area contributed by atoms with Gasteiger partial charge in [-0.3, -0.25) is 4.79 Å². The van der Waals surface area contributed by atoms with Crippen LogP contribution in [0.15, 0.2) is 0 Å². The van der Waals surface area contributed by atoms with Crippen molar-refractivity contribution >= 4 is 17.6 Å². The number of hydrogen-bond donors (Lipinski definition) is 0. The van der Waals surface area contributed by atoms with Crippen LogP contribution in [0.1, 0.15) is 26.7 Å². The van der Waals surface area contributed by atoms with Gasteiger partial charge in [-0.25, -0.2) is 0 Å². The molecule has 0 aromatic heterocycles. The topological polar surface area (TPSA) is 26.3 Å². The van der Waals surface area contributed by atoms with Gasteiger partial charge in [-0.15, -0.1) is 11.6 Å². The standard InChI is InChI=1S/C8H15ClO2/c1-3-7(2)6-11-8(10)4-5-9/h7H,3-6H2,1-2H3. The Labute approximate surface area is 72.9 Å². The second-order valence-corrected chi connectivity index (χ2v) is 3.01. The Balaban J connectivity index is 3.30. The quantitative estimate of drug-likeness (QED) is 0.477. The molecular weight excluding hydrogens is 164 g/mol. The molecule has 11 heavy (non-hydrogen) atoms. The van der Waals surface area contributed by atoms with Crippen LogP contribution in [0.5, 0.6) is 0 Å². The summed E-state index contributed by atoms with van der Waals surface area (Å²) in [5.74, 6) is 0.605. The van der Waals surface area contributed by atoms with Crippen LogP contribution in [0, 0.1) is 5.92 Å². The summed E-state index contributed by atoms with van der Waals surface area (Å²) in [6, 6.07) is 0. The van der Waals surface area contributed by atoms with Crippen molar-refractivity contribution in [2.45, 2.75) is 26.7 Å². The van der Waals surface area contributed by atoms with Crippen molar-refractivity contribution in [2.24, 2.45) is 5.92 Å². The molecule has 1 atom stereocenters. The first kappa shape index (κ1) is 10.8. The Hall–Kier alpha value is -0.240. The van der Waals surface area contributed by atoms with Gasteiger partial charge in [-0.2, -0.15) is 0 Å². The lowest BCUT2D eigenvalue weighted by Crippen LogP contribution is -2.11. The molecule has 0 saturated carbocycles. The maximum Gasteiger partial charge on any atom is 0.307 e.